The predicted molar refractivity (Wildman–Crippen MR) is 82.8 cm³/mol. The second-order valence-electron chi connectivity index (χ2n) is 6.90. The van der Waals surface area contributed by atoms with Gasteiger partial charge in [0, 0.05) is 0 Å². The van der Waals surface area contributed by atoms with Crippen LogP contribution in [0.3, 0.4) is 0 Å². The van der Waals surface area contributed by atoms with Gasteiger partial charge in [-0.15, -0.1) is 0 Å². The van der Waals surface area contributed by atoms with Gasteiger partial charge in [-0.3, -0.25) is 4.84 Å². The Bertz CT molecular complexity index is 652. The lowest BCUT2D eigenvalue weighted by Crippen LogP contribution is -2.60. The number of carbonyl (C=O) groups excluding carboxylic acids is 1. The number of fused-ring (bicyclic) bond motifs is 3. The maximum atomic E-state index is 12.4. The summed E-state index contributed by atoms with van der Waals surface area (Å²) in [5.41, 5.74) is 2.07. The van der Waals surface area contributed by atoms with Crippen molar-refractivity contribution in [2.45, 2.75) is 56.4 Å². The fraction of sp³-hybridized carbons (Fsp3) is 0.588. The molecule has 136 valence electrons. The number of hydrogen-bond donors (Lipinski definition) is 2. The Morgan fingerprint density at radius 1 is 1.20 bits per heavy atom. The van der Waals surface area contributed by atoms with E-state index in [1.54, 1.807) is 13.8 Å². The Morgan fingerprint density at radius 3 is 2.68 bits per heavy atom. The molecular formula is C17H21NO7. The van der Waals surface area contributed by atoms with E-state index >= 15 is 0 Å². The van der Waals surface area contributed by atoms with Crippen molar-refractivity contribution in [2.75, 3.05) is 6.61 Å². The molecule has 1 aromatic rings. The average Bonchev–Trinajstić information content (AvgIpc) is 3.15. The lowest BCUT2D eigenvalue weighted by Gasteiger charge is -2.29. The molecule has 0 saturated carbocycles. The SMILES string of the molecule is CC1(C)O[C@H]2O[C@H]3[C@H](OC(=O)[C@@]3(CO)NOCc3ccccc3)[C@H]2O1. The predicted octanol–water partition coefficient (Wildman–Crippen LogP) is 0.241. The molecule has 0 spiro atoms. The quantitative estimate of drug-likeness (QED) is 0.575. The number of esters is 1. The van der Waals surface area contributed by atoms with E-state index in [0.29, 0.717) is 0 Å². The van der Waals surface area contributed by atoms with Gasteiger partial charge in [0.1, 0.15) is 6.10 Å². The summed E-state index contributed by atoms with van der Waals surface area (Å²) in [6.07, 6.45) is -2.63. The molecule has 3 aliphatic rings. The molecule has 0 aliphatic carbocycles. The molecule has 0 amide bonds. The minimum absolute atomic E-state index is 0.222. The third-order valence-electron chi connectivity index (χ3n) is 4.67. The van der Waals surface area contributed by atoms with Gasteiger partial charge in [-0.25, -0.2) is 4.79 Å². The van der Waals surface area contributed by atoms with Gasteiger partial charge in [0.25, 0.3) is 0 Å². The van der Waals surface area contributed by atoms with E-state index in [1.165, 1.54) is 0 Å². The number of hydroxylamine groups is 1. The van der Waals surface area contributed by atoms with E-state index in [-0.39, 0.29) is 6.61 Å². The third-order valence-corrected chi connectivity index (χ3v) is 4.67. The maximum Gasteiger partial charge on any atom is 0.334 e. The zero-order valence-electron chi connectivity index (χ0n) is 14.0. The standard InChI is InChI=1S/C17H21NO7/c1-16(2)24-12-11-13(23-14(12)25-16)17(9-19,15(20)22-11)18-21-8-10-6-4-3-5-7-10/h3-7,11-14,18-19H,8-9H2,1-2H3/t11-,12-,13+,14-,17+/m1/s1. The third kappa shape index (κ3) is 2.75. The van der Waals surface area contributed by atoms with Crippen molar-refractivity contribution >= 4 is 5.97 Å². The van der Waals surface area contributed by atoms with E-state index in [4.69, 9.17) is 23.8 Å². The van der Waals surface area contributed by atoms with Crippen LogP contribution in [0.15, 0.2) is 30.3 Å². The first-order valence-corrected chi connectivity index (χ1v) is 8.21. The molecule has 5 atom stereocenters. The monoisotopic (exact) mass is 351 g/mol. The van der Waals surface area contributed by atoms with Gasteiger partial charge in [-0.2, -0.15) is 5.48 Å². The van der Waals surface area contributed by atoms with Crippen LogP contribution in [0.1, 0.15) is 19.4 Å². The minimum Gasteiger partial charge on any atom is -0.455 e. The normalized spacial score (nSPS) is 38.4. The summed E-state index contributed by atoms with van der Waals surface area (Å²) in [6, 6.07) is 9.46. The van der Waals surface area contributed by atoms with Gasteiger partial charge in [-0.05, 0) is 19.4 Å². The van der Waals surface area contributed by atoms with Crippen molar-refractivity contribution in [1.82, 2.24) is 5.48 Å². The van der Waals surface area contributed by atoms with Crippen LogP contribution >= 0.6 is 0 Å². The lowest BCUT2D eigenvalue weighted by molar-refractivity contribution is -0.220. The minimum atomic E-state index is -1.51. The first kappa shape index (κ1) is 16.9. The molecule has 1 aromatic carbocycles. The van der Waals surface area contributed by atoms with Crippen molar-refractivity contribution in [3.05, 3.63) is 35.9 Å². The molecule has 8 nitrogen and oxygen atoms in total. The summed E-state index contributed by atoms with van der Waals surface area (Å²) in [5, 5.41) is 9.89. The van der Waals surface area contributed by atoms with Crippen molar-refractivity contribution < 1.29 is 33.7 Å². The number of benzene rings is 1. The van der Waals surface area contributed by atoms with E-state index in [0.717, 1.165) is 5.56 Å². The Hall–Kier alpha value is -1.55. The molecule has 0 radical (unpaired) electrons. The highest BCUT2D eigenvalue weighted by atomic mass is 16.8. The second-order valence-corrected chi connectivity index (χ2v) is 6.90. The molecule has 3 heterocycles. The fourth-order valence-electron chi connectivity index (χ4n) is 3.46. The van der Waals surface area contributed by atoms with Gasteiger partial charge in [-0.1, -0.05) is 30.3 Å². The largest absolute Gasteiger partial charge is 0.455 e. The Balaban J connectivity index is 1.47. The molecule has 0 bridgehead atoms. The molecule has 3 fully saturated rings. The highest BCUT2D eigenvalue weighted by molar-refractivity contribution is 5.85. The molecule has 2 N–H and O–H groups in total. The van der Waals surface area contributed by atoms with E-state index in [2.05, 4.69) is 5.48 Å². The van der Waals surface area contributed by atoms with E-state index in [1.807, 2.05) is 30.3 Å². The average molecular weight is 351 g/mol. The van der Waals surface area contributed by atoms with Gasteiger partial charge in [0.05, 0.1) is 13.2 Å². The van der Waals surface area contributed by atoms with Crippen LogP contribution < -0.4 is 5.48 Å². The van der Waals surface area contributed by atoms with Crippen molar-refractivity contribution in [1.29, 1.82) is 0 Å². The van der Waals surface area contributed by atoms with Crippen molar-refractivity contribution in [3.8, 4) is 0 Å². The second kappa shape index (κ2) is 6.01. The summed E-state index contributed by atoms with van der Waals surface area (Å²) in [7, 11) is 0. The maximum absolute atomic E-state index is 12.4. The van der Waals surface area contributed by atoms with Crippen molar-refractivity contribution in [2.24, 2.45) is 0 Å². The van der Waals surface area contributed by atoms with Crippen LogP contribution in [0.4, 0.5) is 0 Å². The van der Waals surface area contributed by atoms with Crippen LogP contribution in [0.25, 0.3) is 0 Å². The number of aliphatic hydroxyl groups excluding tert-OH is 1. The summed E-state index contributed by atoms with van der Waals surface area (Å²) < 4.78 is 22.7. The molecular weight excluding hydrogens is 330 g/mol. The molecule has 0 aromatic heterocycles. The molecule has 25 heavy (non-hydrogen) atoms. The lowest BCUT2D eigenvalue weighted by atomic mass is 9.93. The number of nitrogens with one attached hydrogen (secondary N) is 1. The highest BCUT2D eigenvalue weighted by Crippen LogP contribution is 2.45. The summed E-state index contributed by atoms with van der Waals surface area (Å²) in [5.74, 6) is -1.45. The van der Waals surface area contributed by atoms with Crippen LogP contribution in [0.2, 0.25) is 0 Å². The number of carbonyl (C=O) groups is 1. The summed E-state index contributed by atoms with van der Waals surface area (Å²) in [4.78, 5) is 17.9. The number of ether oxygens (including phenoxy) is 4. The zero-order chi connectivity index (χ0) is 17.7. The number of aliphatic hydroxyl groups is 1. The van der Waals surface area contributed by atoms with Crippen LogP contribution in [-0.2, 0) is 35.2 Å². The van der Waals surface area contributed by atoms with Gasteiger partial charge in [0.2, 0.25) is 0 Å². The first-order valence-electron chi connectivity index (χ1n) is 8.21. The Kier molecular flexibility index (Phi) is 4.06. The molecule has 0 unspecified atom stereocenters. The van der Waals surface area contributed by atoms with Gasteiger partial charge >= 0.3 is 5.97 Å². The fourth-order valence-corrected chi connectivity index (χ4v) is 3.46. The highest BCUT2D eigenvalue weighted by Gasteiger charge is 2.69. The van der Waals surface area contributed by atoms with Crippen LogP contribution in [0, 0.1) is 0 Å². The number of hydrogen-bond acceptors (Lipinski definition) is 8. The Morgan fingerprint density at radius 2 is 1.96 bits per heavy atom. The topological polar surface area (TPSA) is 95.5 Å². The molecule has 3 aliphatic heterocycles. The summed E-state index contributed by atoms with van der Waals surface area (Å²) in [6.45, 7) is 3.21. The number of rotatable bonds is 5. The molecule has 8 heteroatoms. The first-order chi connectivity index (χ1) is 12.0. The van der Waals surface area contributed by atoms with E-state index in [9.17, 15) is 9.90 Å². The summed E-state index contributed by atoms with van der Waals surface area (Å²) >= 11 is 0. The van der Waals surface area contributed by atoms with Crippen LogP contribution in [-0.4, -0.2) is 53.6 Å². The molecule has 3 saturated heterocycles. The Labute approximate surface area is 144 Å². The smallest absolute Gasteiger partial charge is 0.334 e. The van der Waals surface area contributed by atoms with Crippen molar-refractivity contribution in [3.63, 3.8) is 0 Å². The zero-order valence-corrected chi connectivity index (χ0v) is 14.0. The van der Waals surface area contributed by atoms with Gasteiger partial charge in [0.15, 0.2) is 29.8 Å². The van der Waals surface area contributed by atoms with E-state index < -0.39 is 48.5 Å². The van der Waals surface area contributed by atoms with Crippen LogP contribution in [0.5, 0.6) is 0 Å². The van der Waals surface area contributed by atoms with Gasteiger partial charge < -0.3 is 24.1 Å². The molecule has 4 rings (SSSR count).